The zero-order chi connectivity index (χ0) is 29.1. The van der Waals surface area contributed by atoms with Gasteiger partial charge < -0.3 is 15.2 Å². The number of alkyl halides is 3. The fourth-order valence-electron chi connectivity index (χ4n) is 4.65. The van der Waals surface area contributed by atoms with Crippen molar-refractivity contribution >= 4 is 22.6 Å². The van der Waals surface area contributed by atoms with Gasteiger partial charge in [0.2, 0.25) is 5.56 Å². The van der Waals surface area contributed by atoms with Gasteiger partial charge in [0.1, 0.15) is 5.65 Å². The van der Waals surface area contributed by atoms with Gasteiger partial charge in [0, 0.05) is 72.8 Å². The number of fused-ring (bicyclic) bond motifs is 1. The van der Waals surface area contributed by atoms with E-state index >= 15 is 0 Å². The van der Waals surface area contributed by atoms with E-state index in [0.717, 1.165) is 30.1 Å². The van der Waals surface area contributed by atoms with E-state index in [1.54, 1.807) is 36.5 Å². The standard InChI is InChI=1S/C31H28F3N5O2/c1-20-3-5-24(16-22(20)6-4-21-15-23-8-10-28(40)37-29(23)35-18-21)30(41)36-26-9-7-25(27(17-26)31(32,33)34)19-39-13-11-38(2)12-14-39/h3,5,7-10,15-18H,11-14,19H2,1-2H3,(H,36,41)(H,35,37,40). The molecule has 3 heterocycles. The summed E-state index contributed by atoms with van der Waals surface area (Å²) in [6.45, 7) is 5.05. The molecule has 1 saturated heterocycles. The summed E-state index contributed by atoms with van der Waals surface area (Å²) in [7, 11) is 1.99. The lowest BCUT2D eigenvalue weighted by Crippen LogP contribution is -2.44. The van der Waals surface area contributed by atoms with Crippen LogP contribution in [0.25, 0.3) is 11.0 Å². The fourth-order valence-corrected chi connectivity index (χ4v) is 4.65. The lowest BCUT2D eigenvalue weighted by atomic mass is 10.0. The van der Waals surface area contributed by atoms with Crippen molar-refractivity contribution < 1.29 is 18.0 Å². The zero-order valence-corrected chi connectivity index (χ0v) is 22.6. The van der Waals surface area contributed by atoms with Crippen LogP contribution in [0.1, 0.15) is 38.2 Å². The summed E-state index contributed by atoms with van der Waals surface area (Å²) in [5.41, 5.74) is 2.03. The highest BCUT2D eigenvalue weighted by Crippen LogP contribution is 2.34. The summed E-state index contributed by atoms with van der Waals surface area (Å²) >= 11 is 0. The minimum absolute atomic E-state index is 0.0675. The third kappa shape index (κ3) is 6.82. The van der Waals surface area contributed by atoms with Crippen LogP contribution in [0, 0.1) is 18.8 Å². The van der Waals surface area contributed by atoms with E-state index in [2.05, 4.69) is 32.0 Å². The van der Waals surface area contributed by atoms with Gasteiger partial charge in [-0.2, -0.15) is 13.2 Å². The van der Waals surface area contributed by atoms with Crippen LogP contribution in [0.15, 0.2) is 65.6 Å². The van der Waals surface area contributed by atoms with Gasteiger partial charge >= 0.3 is 6.18 Å². The quantitative estimate of drug-likeness (QED) is 0.356. The Labute approximate surface area is 235 Å². The lowest BCUT2D eigenvalue weighted by molar-refractivity contribution is -0.138. The van der Waals surface area contributed by atoms with Crippen molar-refractivity contribution in [2.45, 2.75) is 19.6 Å². The molecule has 10 heteroatoms. The number of piperazine rings is 1. The Kier molecular flexibility index (Phi) is 7.92. The second kappa shape index (κ2) is 11.6. The maximum absolute atomic E-state index is 14.0. The number of pyridine rings is 2. The Hall–Kier alpha value is -4.46. The van der Waals surface area contributed by atoms with Crippen molar-refractivity contribution in [1.82, 2.24) is 19.8 Å². The molecular weight excluding hydrogens is 531 g/mol. The first-order chi connectivity index (χ1) is 19.5. The van der Waals surface area contributed by atoms with Crippen molar-refractivity contribution in [3.05, 3.63) is 105 Å². The van der Waals surface area contributed by atoms with Gasteiger partial charge in [-0.15, -0.1) is 0 Å². The number of aryl methyl sites for hydroxylation is 1. The Morgan fingerprint density at radius 1 is 1.02 bits per heavy atom. The predicted molar refractivity (Wildman–Crippen MR) is 152 cm³/mol. The molecule has 0 spiro atoms. The average molecular weight is 560 g/mol. The summed E-state index contributed by atoms with van der Waals surface area (Å²) in [5, 5.41) is 3.34. The molecule has 210 valence electrons. The number of aromatic nitrogens is 2. The first-order valence-corrected chi connectivity index (χ1v) is 13.1. The van der Waals surface area contributed by atoms with E-state index in [4.69, 9.17) is 0 Å². The Morgan fingerprint density at radius 3 is 2.56 bits per heavy atom. The molecule has 2 aromatic carbocycles. The van der Waals surface area contributed by atoms with Gasteiger partial charge in [-0.05, 0) is 61.5 Å². The number of nitrogens with zero attached hydrogens (tertiary/aromatic N) is 3. The van der Waals surface area contributed by atoms with Gasteiger partial charge in [0.15, 0.2) is 0 Å². The number of nitrogens with one attached hydrogen (secondary N) is 2. The first-order valence-electron chi connectivity index (χ1n) is 13.1. The van der Waals surface area contributed by atoms with E-state index < -0.39 is 17.6 Å². The molecule has 41 heavy (non-hydrogen) atoms. The SMILES string of the molecule is Cc1ccc(C(=O)Nc2ccc(CN3CCN(C)CC3)c(C(F)(F)F)c2)cc1C#Cc1cnc2[nH]c(=O)ccc2c1. The second-order valence-corrected chi connectivity index (χ2v) is 10.2. The third-order valence-electron chi connectivity index (χ3n) is 7.08. The molecule has 5 rings (SSSR count). The van der Waals surface area contributed by atoms with E-state index in [-0.39, 0.29) is 28.9 Å². The average Bonchev–Trinajstić information content (AvgIpc) is 2.94. The fraction of sp³-hybridized carbons (Fsp3) is 0.258. The molecule has 1 amide bonds. The summed E-state index contributed by atoms with van der Waals surface area (Å²) in [5.74, 6) is 5.53. The van der Waals surface area contributed by atoms with Crippen LogP contribution < -0.4 is 10.9 Å². The number of benzene rings is 2. The van der Waals surface area contributed by atoms with E-state index in [9.17, 15) is 22.8 Å². The largest absolute Gasteiger partial charge is 0.416 e. The molecule has 1 fully saturated rings. The normalized spacial score (nSPS) is 14.5. The van der Waals surface area contributed by atoms with Gasteiger partial charge in [0.05, 0.1) is 5.56 Å². The smallest absolute Gasteiger partial charge is 0.322 e. The summed E-state index contributed by atoms with van der Waals surface area (Å²) < 4.78 is 41.9. The molecule has 0 atom stereocenters. The van der Waals surface area contributed by atoms with E-state index in [1.165, 1.54) is 18.2 Å². The van der Waals surface area contributed by atoms with Crippen LogP contribution in [0.2, 0.25) is 0 Å². The molecule has 4 aromatic rings. The van der Waals surface area contributed by atoms with Crippen molar-refractivity contribution in [3.63, 3.8) is 0 Å². The molecule has 0 bridgehead atoms. The van der Waals surface area contributed by atoms with Crippen LogP contribution in [-0.2, 0) is 12.7 Å². The number of halogens is 3. The molecule has 2 N–H and O–H groups in total. The molecule has 7 nitrogen and oxygen atoms in total. The number of H-pyrrole nitrogens is 1. The first kappa shape index (κ1) is 28.1. The van der Waals surface area contributed by atoms with Crippen molar-refractivity contribution in [3.8, 4) is 11.8 Å². The number of hydrogen-bond donors (Lipinski definition) is 2. The molecule has 1 aliphatic rings. The Balaban J connectivity index is 1.34. The molecule has 1 aliphatic heterocycles. The highest BCUT2D eigenvalue weighted by Gasteiger charge is 2.34. The number of likely N-dealkylation sites (N-methyl/N-ethyl adjacent to an activating group) is 1. The number of hydrogen-bond acceptors (Lipinski definition) is 5. The molecule has 2 aromatic heterocycles. The number of rotatable bonds is 4. The van der Waals surface area contributed by atoms with Crippen LogP contribution >= 0.6 is 0 Å². The predicted octanol–water partition coefficient (Wildman–Crippen LogP) is 4.65. The monoisotopic (exact) mass is 559 g/mol. The zero-order valence-electron chi connectivity index (χ0n) is 22.6. The lowest BCUT2D eigenvalue weighted by Gasteiger charge is -2.33. The number of carbonyl (C=O) groups is 1. The van der Waals surface area contributed by atoms with Crippen LogP contribution in [0.5, 0.6) is 0 Å². The number of amides is 1. The van der Waals surface area contributed by atoms with Crippen molar-refractivity contribution in [2.75, 3.05) is 38.5 Å². The van der Waals surface area contributed by atoms with Gasteiger partial charge in [-0.25, -0.2) is 4.98 Å². The number of aromatic amines is 1. The third-order valence-corrected chi connectivity index (χ3v) is 7.08. The van der Waals surface area contributed by atoms with Crippen LogP contribution in [-0.4, -0.2) is 58.9 Å². The van der Waals surface area contributed by atoms with Gasteiger partial charge in [-0.1, -0.05) is 24.0 Å². The Bertz CT molecular complexity index is 1730. The van der Waals surface area contributed by atoms with E-state index in [0.29, 0.717) is 29.9 Å². The summed E-state index contributed by atoms with van der Waals surface area (Å²) in [6.07, 6.45) is -3.01. The Morgan fingerprint density at radius 2 is 1.80 bits per heavy atom. The van der Waals surface area contributed by atoms with Gasteiger partial charge in [0.25, 0.3) is 5.91 Å². The van der Waals surface area contributed by atoms with Gasteiger partial charge in [-0.3, -0.25) is 14.5 Å². The molecule has 0 saturated carbocycles. The number of carbonyl (C=O) groups excluding carboxylic acids is 1. The maximum atomic E-state index is 14.0. The van der Waals surface area contributed by atoms with Crippen molar-refractivity contribution in [1.29, 1.82) is 0 Å². The highest BCUT2D eigenvalue weighted by molar-refractivity contribution is 6.04. The minimum atomic E-state index is -4.55. The van der Waals surface area contributed by atoms with Crippen molar-refractivity contribution in [2.24, 2.45) is 0 Å². The minimum Gasteiger partial charge on any atom is -0.322 e. The molecule has 0 unspecified atom stereocenters. The summed E-state index contributed by atoms with van der Waals surface area (Å²) in [4.78, 5) is 35.5. The van der Waals surface area contributed by atoms with Crippen LogP contribution in [0.4, 0.5) is 18.9 Å². The summed E-state index contributed by atoms with van der Waals surface area (Å²) in [6, 6.07) is 13.8. The molecule has 0 radical (unpaired) electrons. The maximum Gasteiger partial charge on any atom is 0.416 e. The number of anilines is 1. The molecule has 0 aliphatic carbocycles. The van der Waals surface area contributed by atoms with Crippen LogP contribution in [0.3, 0.4) is 0 Å². The molecular formula is C31H28F3N5O2. The topological polar surface area (TPSA) is 81.3 Å². The highest BCUT2D eigenvalue weighted by atomic mass is 19.4. The van der Waals surface area contributed by atoms with E-state index in [1.807, 2.05) is 18.9 Å². The second-order valence-electron chi connectivity index (χ2n) is 10.2.